The SMILES string of the molecule is COc1ccc2c(C(=O)NC[C@H]3CCCN3)cc(C)nc2c1. The van der Waals surface area contributed by atoms with Crippen molar-refractivity contribution in [2.45, 2.75) is 25.8 Å². The van der Waals surface area contributed by atoms with Gasteiger partial charge in [-0.1, -0.05) is 0 Å². The minimum atomic E-state index is -0.0469. The molecule has 116 valence electrons. The van der Waals surface area contributed by atoms with Gasteiger partial charge in [0.2, 0.25) is 0 Å². The van der Waals surface area contributed by atoms with Gasteiger partial charge in [-0.25, -0.2) is 0 Å². The number of nitrogens with one attached hydrogen (secondary N) is 2. The predicted molar refractivity (Wildman–Crippen MR) is 86.4 cm³/mol. The third-order valence-electron chi connectivity index (χ3n) is 4.06. The lowest BCUT2D eigenvalue weighted by molar-refractivity contribution is 0.0952. The summed E-state index contributed by atoms with van der Waals surface area (Å²) in [6.07, 6.45) is 2.30. The average molecular weight is 299 g/mol. The van der Waals surface area contributed by atoms with Crippen molar-refractivity contribution in [3.63, 3.8) is 0 Å². The van der Waals surface area contributed by atoms with E-state index < -0.39 is 0 Å². The lowest BCUT2D eigenvalue weighted by Gasteiger charge is -2.13. The molecular formula is C17H21N3O2. The monoisotopic (exact) mass is 299 g/mol. The lowest BCUT2D eigenvalue weighted by atomic mass is 10.1. The number of benzene rings is 1. The molecule has 1 aliphatic rings. The first-order valence-electron chi connectivity index (χ1n) is 7.64. The van der Waals surface area contributed by atoms with E-state index >= 15 is 0 Å². The van der Waals surface area contributed by atoms with Crippen molar-refractivity contribution in [1.29, 1.82) is 0 Å². The van der Waals surface area contributed by atoms with Crippen LogP contribution < -0.4 is 15.4 Å². The normalized spacial score (nSPS) is 17.6. The Balaban J connectivity index is 1.86. The molecule has 22 heavy (non-hydrogen) atoms. The Morgan fingerprint density at radius 3 is 3.05 bits per heavy atom. The minimum absolute atomic E-state index is 0.0469. The molecule has 1 aromatic heterocycles. The van der Waals surface area contributed by atoms with Gasteiger partial charge in [-0.3, -0.25) is 9.78 Å². The Morgan fingerprint density at radius 1 is 1.45 bits per heavy atom. The van der Waals surface area contributed by atoms with E-state index in [1.165, 1.54) is 6.42 Å². The van der Waals surface area contributed by atoms with Gasteiger partial charge in [-0.05, 0) is 44.5 Å². The zero-order chi connectivity index (χ0) is 15.5. The molecule has 0 unspecified atom stereocenters. The Hall–Kier alpha value is -2.14. The van der Waals surface area contributed by atoms with Gasteiger partial charge in [0.25, 0.3) is 5.91 Å². The number of hydrogen-bond donors (Lipinski definition) is 2. The number of pyridine rings is 1. The molecule has 1 fully saturated rings. The second-order valence-electron chi connectivity index (χ2n) is 5.70. The van der Waals surface area contributed by atoms with Gasteiger partial charge in [0, 0.05) is 29.7 Å². The van der Waals surface area contributed by atoms with Gasteiger partial charge in [-0.2, -0.15) is 0 Å². The molecule has 0 saturated carbocycles. The molecule has 0 bridgehead atoms. The summed E-state index contributed by atoms with van der Waals surface area (Å²) in [6, 6.07) is 7.83. The van der Waals surface area contributed by atoms with Crippen LogP contribution in [0.4, 0.5) is 0 Å². The fourth-order valence-electron chi connectivity index (χ4n) is 2.90. The first-order chi connectivity index (χ1) is 10.7. The molecule has 2 aromatic rings. The van der Waals surface area contributed by atoms with Crippen LogP contribution in [0, 0.1) is 6.92 Å². The van der Waals surface area contributed by atoms with Gasteiger partial charge >= 0.3 is 0 Å². The summed E-state index contributed by atoms with van der Waals surface area (Å²) in [5.41, 5.74) is 2.27. The largest absolute Gasteiger partial charge is 0.497 e. The topological polar surface area (TPSA) is 63.2 Å². The van der Waals surface area contributed by atoms with E-state index in [4.69, 9.17) is 4.74 Å². The number of hydrogen-bond acceptors (Lipinski definition) is 4. The Labute approximate surface area is 130 Å². The second-order valence-corrected chi connectivity index (χ2v) is 5.70. The Morgan fingerprint density at radius 2 is 2.32 bits per heavy atom. The molecule has 0 radical (unpaired) electrons. The van der Waals surface area contributed by atoms with Crippen LogP contribution in [0.5, 0.6) is 5.75 Å². The highest BCUT2D eigenvalue weighted by molar-refractivity contribution is 6.06. The van der Waals surface area contributed by atoms with E-state index in [9.17, 15) is 4.79 Å². The predicted octanol–water partition coefficient (Wildman–Crippen LogP) is 2.03. The van der Waals surface area contributed by atoms with Crippen molar-refractivity contribution in [2.75, 3.05) is 20.2 Å². The Kier molecular flexibility index (Phi) is 4.24. The number of methoxy groups -OCH3 is 1. The first-order valence-corrected chi connectivity index (χ1v) is 7.64. The van der Waals surface area contributed by atoms with E-state index in [-0.39, 0.29) is 5.91 Å². The minimum Gasteiger partial charge on any atom is -0.497 e. The highest BCUT2D eigenvalue weighted by Crippen LogP contribution is 2.23. The van der Waals surface area contributed by atoms with Crippen molar-refractivity contribution in [3.05, 3.63) is 35.5 Å². The molecule has 1 amide bonds. The van der Waals surface area contributed by atoms with E-state index in [0.717, 1.165) is 35.3 Å². The van der Waals surface area contributed by atoms with Gasteiger partial charge in [0.05, 0.1) is 18.2 Å². The van der Waals surface area contributed by atoms with Crippen molar-refractivity contribution < 1.29 is 9.53 Å². The fourth-order valence-corrected chi connectivity index (χ4v) is 2.90. The van der Waals surface area contributed by atoms with Crippen molar-refractivity contribution in [3.8, 4) is 5.75 Å². The van der Waals surface area contributed by atoms with Gasteiger partial charge < -0.3 is 15.4 Å². The van der Waals surface area contributed by atoms with Crippen molar-refractivity contribution in [1.82, 2.24) is 15.6 Å². The maximum atomic E-state index is 12.5. The quantitative estimate of drug-likeness (QED) is 0.907. The van der Waals surface area contributed by atoms with Crippen LogP contribution in [-0.2, 0) is 0 Å². The Bertz CT molecular complexity index is 694. The zero-order valence-electron chi connectivity index (χ0n) is 13.0. The van der Waals surface area contributed by atoms with Gasteiger partial charge in [0.1, 0.15) is 5.75 Å². The average Bonchev–Trinajstić information content (AvgIpc) is 3.04. The number of ether oxygens (including phenoxy) is 1. The maximum Gasteiger partial charge on any atom is 0.252 e. The lowest BCUT2D eigenvalue weighted by Crippen LogP contribution is -2.37. The third kappa shape index (κ3) is 3.04. The van der Waals surface area contributed by atoms with Crippen molar-refractivity contribution >= 4 is 16.8 Å². The molecule has 2 N–H and O–H groups in total. The first kappa shape index (κ1) is 14.8. The number of amides is 1. The highest BCUT2D eigenvalue weighted by Gasteiger charge is 2.17. The highest BCUT2D eigenvalue weighted by atomic mass is 16.5. The summed E-state index contributed by atoms with van der Waals surface area (Å²) >= 11 is 0. The van der Waals surface area contributed by atoms with E-state index in [0.29, 0.717) is 18.2 Å². The summed E-state index contributed by atoms with van der Waals surface area (Å²) in [4.78, 5) is 17.0. The number of fused-ring (bicyclic) bond motifs is 1. The van der Waals surface area contributed by atoms with Crippen LogP contribution in [0.1, 0.15) is 28.9 Å². The number of aryl methyl sites for hydroxylation is 1. The number of carbonyl (C=O) groups excluding carboxylic acids is 1. The molecule has 5 nitrogen and oxygen atoms in total. The van der Waals surface area contributed by atoms with E-state index in [2.05, 4.69) is 15.6 Å². The number of nitrogens with zero attached hydrogens (tertiary/aromatic N) is 1. The third-order valence-corrected chi connectivity index (χ3v) is 4.06. The van der Waals surface area contributed by atoms with Crippen LogP contribution >= 0.6 is 0 Å². The molecule has 0 spiro atoms. The molecule has 0 aliphatic carbocycles. The van der Waals surface area contributed by atoms with Gasteiger partial charge in [-0.15, -0.1) is 0 Å². The summed E-state index contributed by atoms with van der Waals surface area (Å²) in [5, 5.41) is 7.26. The molecule has 3 rings (SSSR count). The summed E-state index contributed by atoms with van der Waals surface area (Å²) in [7, 11) is 1.62. The van der Waals surface area contributed by atoms with E-state index in [1.807, 2.05) is 31.2 Å². The molecule has 1 aromatic carbocycles. The van der Waals surface area contributed by atoms with Crippen molar-refractivity contribution in [2.24, 2.45) is 0 Å². The summed E-state index contributed by atoms with van der Waals surface area (Å²) < 4.78 is 5.23. The molecule has 5 heteroatoms. The summed E-state index contributed by atoms with van der Waals surface area (Å²) in [5.74, 6) is 0.696. The second kappa shape index (κ2) is 6.32. The number of rotatable bonds is 4. The fraction of sp³-hybridized carbons (Fsp3) is 0.412. The van der Waals surface area contributed by atoms with Gasteiger partial charge in [0.15, 0.2) is 0 Å². The van der Waals surface area contributed by atoms with E-state index in [1.54, 1.807) is 7.11 Å². The standard InChI is InChI=1S/C17H21N3O2/c1-11-8-15(17(21)19-10-12-4-3-7-18-12)14-6-5-13(22-2)9-16(14)20-11/h5-6,8-9,12,18H,3-4,7,10H2,1-2H3,(H,19,21)/t12-/m1/s1. The molecule has 2 heterocycles. The van der Waals surface area contributed by atoms with Crippen LogP contribution in [0.3, 0.4) is 0 Å². The number of aromatic nitrogens is 1. The zero-order valence-corrected chi connectivity index (χ0v) is 13.0. The van der Waals surface area contributed by atoms with Crippen LogP contribution in [0.15, 0.2) is 24.3 Å². The molecule has 1 saturated heterocycles. The maximum absolute atomic E-state index is 12.5. The van der Waals surface area contributed by atoms with Crippen LogP contribution in [0.25, 0.3) is 10.9 Å². The van der Waals surface area contributed by atoms with Crippen LogP contribution in [-0.4, -0.2) is 37.1 Å². The smallest absolute Gasteiger partial charge is 0.252 e. The number of carbonyl (C=O) groups is 1. The molecule has 1 aliphatic heterocycles. The summed E-state index contributed by atoms with van der Waals surface area (Å²) in [6.45, 7) is 3.60. The molecule has 1 atom stereocenters. The van der Waals surface area contributed by atoms with Crippen LogP contribution in [0.2, 0.25) is 0 Å². The molecular weight excluding hydrogens is 278 g/mol.